The van der Waals surface area contributed by atoms with Crippen LogP contribution in [0.25, 0.3) is 11.3 Å². The highest BCUT2D eigenvalue weighted by Gasteiger charge is 2.18. The quantitative estimate of drug-likeness (QED) is 0.637. The summed E-state index contributed by atoms with van der Waals surface area (Å²) in [6, 6.07) is 7.25. The van der Waals surface area contributed by atoms with Crippen molar-refractivity contribution in [3.63, 3.8) is 0 Å². The molecular formula is C19H21ClN6O2. The largest absolute Gasteiger partial charge is 0.392 e. The summed E-state index contributed by atoms with van der Waals surface area (Å²) in [7, 11) is 0. The van der Waals surface area contributed by atoms with Crippen molar-refractivity contribution in [3.05, 3.63) is 58.8 Å². The van der Waals surface area contributed by atoms with E-state index < -0.39 is 0 Å². The normalized spacial score (nSPS) is 11.5. The predicted octanol–water partition coefficient (Wildman–Crippen LogP) is 2.57. The van der Waals surface area contributed by atoms with Crippen LogP contribution in [0.15, 0.2) is 36.7 Å². The second-order valence-electron chi connectivity index (χ2n) is 7.25. The summed E-state index contributed by atoms with van der Waals surface area (Å²) in [6.07, 6.45) is 3.19. The fourth-order valence-electron chi connectivity index (χ4n) is 2.56. The molecule has 1 aromatic carbocycles. The van der Waals surface area contributed by atoms with Gasteiger partial charge in [0.15, 0.2) is 5.69 Å². The molecule has 0 fully saturated rings. The molecule has 0 aliphatic heterocycles. The summed E-state index contributed by atoms with van der Waals surface area (Å²) in [5.41, 5.74) is 2.93. The Morgan fingerprint density at radius 3 is 2.68 bits per heavy atom. The number of aliphatic hydroxyl groups is 1. The van der Waals surface area contributed by atoms with Gasteiger partial charge >= 0.3 is 0 Å². The standard InChI is InChI=1S/C19H21ClN6O2/c1-19(2,3)26-10-16(24-25-26)17(28)22-9-13-5-4-12(8-14(13)11-27)15-6-7-21-18(20)23-15/h4-8,10,27H,9,11H2,1-3H3,(H,22,28). The second-order valence-corrected chi connectivity index (χ2v) is 7.59. The summed E-state index contributed by atoms with van der Waals surface area (Å²) in [5, 5.41) is 20.6. The van der Waals surface area contributed by atoms with Crippen LogP contribution in [0.3, 0.4) is 0 Å². The zero-order chi connectivity index (χ0) is 20.3. The Labute approximate surface area is 167 Å². The van der Waals surface area contributed by atoms with Gasteiger partial charge < -0.3 is 10.4 Å². The van der Waals surface area contributed by atoms with Crippen molar-refractivity contribution < 1.29 is 9.90 Å². The first-order chi connectivity index (χ1) is 13.3. The Morgan fingerprint density at radius 2 is 2.04 bits per heavy atom. The van der Waals surface area contributed by atoms with E-state index >= 15 is 0 Å². The molecule has 2 N–H and O–H groups in total. The van der Waals surface area contributed by atoms with Crippen molar-refractivity contribution in [3.8, 4) is 11.3 Å². The van der Waals surface area contributed by atoms with Crippen LogP contribution in [0.1, 0.15) is 42.4 Å². The Balaban J connectivity index is 1.73. The zero-order valence-corrected chi connectivity index (χ0v) is 16.6. The van der Waals surface area contributed by atoms with Crippen LogP contribution in [0.5, 0.6) is 0 Å². The van der Waals surface area contributed by atoms with Crippen molar-refractivity contribution in [2.45, 2.75) is 39.5 Å². The molecule has 2 aromatic heterocycles. The number of nitrogens with zero attached hydrogens (tertiary/aromatic N) is 5. The first-order valence-corrected chi connectivity index (χ1v) is 9.08. The van der Waals surface area contributed by atoms with E-state index in [0.29, 0.717) is 11.3 Å². The molecule has 0 spiro atoms. The summed E-state index contributed by atoms with van der Waals surface area (Å²) >= 11 is 5.84. The Bertz CT molecular complexity index is 996. The number of aromatic nitrogens is 5. The third-order valence-corrected chi connectivity index (χ3v) is 4.33. The van der Waals surface area contributed by atoms with Crippen LogP contribution < -0.4 is 5.32 Å². The molecule has 0 unspecified atom stereocenters. The number of halogens is 1. The monoisotopic (exact) mass is 400 g/mol. The third kappa shape index (κ3) is 4.52. The summed E-state index contributed by atoms with van der Waals surface area (Å²) < 4.78 is 1.64. The fourth-order valence-corrected chi connectivity index (χ4v) is 2.71. The molecule has 0 aliphatic rings. The summed E-state index contributed by atoms with van der Waals surface area (Å²) in [5.74, 6) is -0.328. The van der Waals surface area contributed by atoms with Gasteiger partial charge in [-0.25, -0.2) is 14.6 Å². The van der Waals surface area contributed by atoms with Gasteiger partial charge in [-0.2, -0.15) is 0 Å². The van der Waals surface area contributed by atoms with Gasteiger partial charge in [-0.15, -0.1) is 5.10 Å². The van der Waals surface area contributed by atoms with Gasteiger partial charge in [-0.1, -0.05) is 17.3 Å². The van der Waals surface area contributed by atoms with Gasteiger partial charge in [0.1, 0.15) is 0 Å². The van der Waals surface area contributed by atoms with Crippen molar-refractivity contribution in [2.75, 3.05) is 0 Å². The lowest BCUT2D eigenvalue weighted by molar-refractivity contribution is 0.0945. The first kappa shape index (κ1) is 19.9. The van der Waals surface area contributed by atoms with Crippen molar-refractivity contribution >= 4 is 17.5 Å². The number of carbonyl (C=O) groups excluding carboxylic acids is 1. The highest BCUT2D eigenvalue weighted by atomic mass is 35.5. The fraction of sp³-hybridized carbons (Fsp3) is 0.316. The highest BCUT2D eigenvalue weighted by molar-refractivity contribution is 6.28. The van der Waals surface area contributed by atoms with Gasteiger partial charge in [0.05, 0.1) is 24.0 Å². The molecule has 0 saturated heterocycles. The van der Waals surface area contributed by atoms with E-state index in [0.717, 1.165) is 11.1 Å². The van der Waals surface area contributed by atoms with E-state index in [-0.39, 0.29) is 35.6 Å². The van der Waals surface area contributed by atoms with Crippen LogP contribution in [-0.4, -0.2) is 36.0 Å². The van der Waals surface area contributed by atoms with Gasteiger partial charge in [0.25, 0.3) is 5.91 Å². The first-order valence-electron chi connectivity index (χ1n) is 8.70. The number of aliphatic hydroxyl groups excluding tert-OH is 1. The number of rotatable bonds is 5. The minimum absolute atomic E-state index is 0.155. The second kappa shape index (κ2) is 8.04. The van der Waals surface area contributed by atoms with Crippen molar-refractivity contribution in [2.24, 2.45) is 0 Å². The molecule has 0 bridgehead atoms. The van der Waals surface area contributed by atoms with Gasteiger partial charge in [-0.05, 0) is 55.6 Å². The van der Waals surface area contributed by atoms with Crippen LogP contribution in [0, 0.1) is 0 Å². The van der Waals surface area contributed by atoms with Crippen molar-refractivity contribution in [1.29, 1.82) is 0 Å². The van der Waals surface area contributed by atoms with Gasteiger partial charge in [0.2, 0.25) is 5.28 Å². The van der Waals surface area contributed by atoms with Gasteiger partial charge in [-0.3, -0.25) is 4.79 Å². The van der Waals surface area contributed by atoms with E-state index in [9.17, 15) is 9.90 Å². The molecule has 9 heteroatoms. The van der Waals surface area contributed by atoms with Crippen LogP contribution >= 0.6 is 11.6 Å². The molecule has 8 nitrogen and oxygen atoms in total. The number of benzene rings is 1. The average molecular weight is 401 g/mol. The van der Waals surface area contributed by atoms with E-state index in [1.807, 2.05) is 39.0 Å². The topological polar surface area (TPSA) is 106 Å². The Kier molecular flexibility index (Phi) is 5.71. The summed E-state index contributed by atoms with van der Waals surface area (Å²) in [4.78, 5) is 20.4. The molecule has 3 rings (SSSR count). The molecule has 0 aliphatic carbocycles. The molecule has 28 heavy (non-hydrogen) atoms. The summed E-state index contributed by atoms with van der Waals surface area (Å²) in [6.45, 7) is 6.01. The van der Waals surface area contributed by atoms with Crippen LogP contribution in [0.4, 0.5) is 0 Å². The smallest absolute Gasteiger partial charge is 0.273 e. The van der Waals surface area contributed by atoms with Crippen molar-refractivity contribution in [1.82, 2.24) is 30.3 Å². The highest BCUT2D eigenvalue weighted by Crippen LogP contribution is 2.22. The minimum atomic E-state index is -0.328. The van der Waals surface area contributed by atoms with Crippen LogP contribution in [-0.2, 0) is 18.7 Å². The molecule has 1 amide bonds. The van der Waals surface area contributed by atoms with E-state index in [4.69, 9.17) is 11.6 Å². The zero-order valence-electron chi connectivity index (χ0n) is 15.8. The maximum atomic E-state index is 12.4. The average Bonchev–Trinajstić information content (AvgIpc) is 3.17. The SMILES string of the molecule is CC(C)(C)n1cc(C(=O)NCc2ccc(-c3ccnc(Cl)n3)cc2CO)nn1. The molecule has 0 saturated carbocycles. The minimum Gasteiger partial charge on any atom is -0.392 e. The lowest BCUT2D eigenvalue weighted by atomic mass is 10.0. The molecular weight excluding hydrogens is 380 g/mol. The molecule has 146 valence electrons. The maximum Gasteiger partial charge on any atom is 0.273 e. The number of hydrogen-bond donors (Lipinski definition) is 2. The number of carbonyl (C=O) groups is 1. The predicted molar refractivity (Wildman–Crippen MR) is 105 cm³/mol. The Morgan fingerprint density at radius 1 is 1.25 bits per heavy atom. The lowest BCUT2D eigenvalue weighted by Gasteiger charge is -2.17. The number of hydrogen-bond acceptors (Lipinski definition) is 6. The molecule has 0 radical (unpaired) electrons. The van der Waals surface area contributed by atoms with Gasteiger partial charge in [0, 0.05) is 18.3 Å². The Hall–Kier alpha value is -2.84. The maximum absolute atomic E-state index is 12.4. The number of nitrogens with one attached hydrogen (secondary N) is 1. The molecule has 2 heterocycles. The van der Waals surface area contributed by atoms with E-state index in [2.05, 4.69) is 25.6 Å². The van der Waals surface area contributed by atoms with E-state index in [1.165, 1.54) is 0 Å². The lowest BCUT2D eigenvalue weighted by Crippen LogP contribution is -2.24. The molecule has 0 atom stereocenters. The number of amides is 1. The molecule has 3 aromatic rings. The third-order valence-electron chi connectivity index (χ3n) is 4.15. The van der Waals surface area contributed by atoms with Crippen LogP contribution in [0.2, 0.25) is 5.28 Å². The van der Waals surface area contributed by atoms with E-state index in [1.54, 1.807) is 23.1 Å².